The molecule has 12 aromatic carbocycles. The summed E-state index contributed by atoms with van der Waals surface area (Å²) in [4.78, 5) is 2.41. The third-order valence-electron chi connectivity index (χ3n) is 14.2. The van der Waals surface area contributed by atoms with E-state index in [1.807, 2.05) is 11.3 Å². The molecule has 14 rings (SSSR count). The van der Waals surface area contributed by atoms with Crippen molar-refractivity contribution in [2.24, 2.45) is 0 Å². The van der Waals surface area contributed by atoms with Crippen molar-refractivity contribution in [3.05, 3.63) is 255 Å². The van der Waals surface area contributed by atoms with E-state index in [2.05, 4.69) is 264 Å². The summed E-state index contributed by atoms with van der Waals surface area (Å²) in [6.45, 7) is 0. The lowest BCUT2D eigenvalue weighted by Crippen LogP contribution is -2.10. The molecule has 0 aliphatic heterocycles. The Morgan fingerprint density at radius 1 is 0.275 bits per heavy atom. The number of nitrogens with zero attached hydrogens (tertiary/aromatic N) is 2. The molecule has 0 N–H and O–H groups in total. The Kier molecular flexibility index (Phi) is 9.11. The molecule has 0 atom stereocenters. The van der Waals surface area contributed by atoms with Gasteiger partial charge in [0, 0.05) is 53.7 Å². The maximum absolute atomic E-state index is 2.41. The van der Waals surface area contributed by atoms with Gasteiger partial charge in [-0.2, -0.15) is 0 Å². The highest BCUT2D eigenvalue weighted by atomic mass is 32.1. The quantitative estimate of drug-likeness (QED) is 0.145. The van der Waals surface area contributed by atoms with Gasteiger partial charge >= 0.3 is 0 Å². The number of thiophene rings is 1. The van der Waals surface area contributed by atoms with Crippen LogP contribution in [-0.4, -0.2) is 4.57 Å². The second kappa shape index (κ2) is 16.0. The molecule has 0 saturated heterocycles. The summed E-state index contributed by atoms with van der Waals surface area (Å²) in [5, 5.41) is 12.7. The fourth-order valence-electron chi connectivity index (χ4n) is 10.9. The molecule has 14 aromatic rings. The molecule has 3 heteroatoms. The van der Waals surface area contributed by atoms with Crippen LogP contribution in [0.5, 0.6) is 0 Å². The molecule has 0 unspecified atom stereocenters. The number of benzene rings is 12. The van der Waals surface area contributed by atoms with E-state index < -0.39 is 0 Å². The molecule has 2 nitrogen and oxygen atoms in total. The van der Waals surface area contributed by atoms with Crippen LogP contribution in [0, 0.1) is 0 Å². The number of para-hydroxylation sites is 1. The Balaban J connectivity index is 0.879. The molecule has 2 aromatic heterocycles. The van der Waals surface area contributed by atoms with E-state index in [9.17, 15) is 0 Å². The highest BCUT2D eigenvalue weighted by molar-refractivity contribution is 7.26. The van der Waals surface area contributed by atoms with E-state index in [0.717, 1.165) is 22.7 Å². The van der Waals surface area contributed by atoms with Crippen LogP contribution in [0.1, 0.15) is 0 Å². The van der Waals surface area contributed by atoms with Crippen molar-refractivity contribution in [2.75, 3.05) is 4.90 Å². The van der Waals surface area contributed by atoms with Crippen LogP contribution in [-0.2, 0) is 0 Å². The molecule has 322 valence electrons. The second-order valence-electron chi connectivity index (χ2n) is 18.0. The average molecular weight is 895 g/mol. The van der Waals surface area contributed by atoms with Crippen LogP contribution in [0.3, 0.4) is 0 Å². The van der Waals surface area contributed by atoms with E-state index in [1.54, 1.807) is 0 Å². The van der Waals surface area contributed by atoms with Crippen LogP contribution in [0.15, 0.2) is 255 Å². The van der Waals surface area contributed by atoms with Crippen LogP contribution in [0.2, 0.25) is 0 Å². The smallest absolute Gasteiger partial charge is 0.0541 e. The molecular formula is C66H42N2S. The Hall–Kier alpha value is -8.76. The summed E-state index contributed by atoms with van der Waals surface area (Å²) in [6, 6.07) is 93.7. The van der Waals surface area contributed by atoms with Gasteiger partial charge in [-0.25, -0.2) is 0 Å². The Morgan fingerprint density at radius 2 is 0.768 bits per heavy atom. The Labute approximate surface area is 403 Å². The molecule has 0 bridgehead atoms. The topological polar surface area (TPSA) is 8.17 Å². The number of anilines is 3. The van der Waals surface area contributed by atoms with Gasteiger partial charge in [-0.15, -0.1) is 11.3 Å². The minimum Gasteiger partial charge on any atom is -0.310 e. The third kappa shape index (κ3) is 6.47. The second-order valence-corrected chi connectivity index (χ2v) is 19.1. The van der Waals surface area contributed by atoms with Crippen LogP contribution in [0.25, 0.3) is 113 Å². The van der Waals surface area contributed by atoms with Crippen LogP contribution >= 0.6 is 11.3 Å². The highest BCUT2D eigenvalue weighted by Gasteiger charge is 2.19. The lowest BCUT2D eigenvalue weighted by molar-refractivity contribution is 1.18. The van der Waals surface area contributed by atoms with Gasteiger partial charge in [0.15, 0.2) is 0 Å². The molecule has 0 spiro atoms. The minimum absolute atomic E-state index is 1.10. The molecular weight excluding hydrogens is 853 g/mol. The largest absolute Gasteiger partial charge is 0.310 e. The van der Waals surface area contributed by atoms with Gasteiger partial charge < -0.3 is 9.47 Å². The first-order chi connectivity index (χ1) is 34.2. The summed E-state index contributed by atoms with van der Waals surface area (Å²) in [7, 11) is 0. The van der Waals surface area contributed by atoms with E-state index in [1.165, 1.54) is 108 Å². The van der Waals surface area contributed by atoms with Crippen molar-refractivity contribution in [2.45, 2.75) is 0 Å². The lowest BCUT2D eigenvalue weighted by Gasteiger charge is -2.27. The summed E-state index contributed by atoms with van der Waals surface area (Å²) in [6.07, 6.45) is 0. The van der Waals surface area contributed by atoms with E-state index in [0.29, 0.717) is 0 Å². The number of rotatable bonds is 7. The van der Waals surface area contributed by atoms with Gasteiger partial charge in [0.25, 0.3) is 0 Å². The zero-order chi connectivity index (χ0) is 45.4. The average Bonchev–Trinajstić information content (AvgIpc) is 3.98. The van der Waals surface area contributed by atoms with E-state index in [4.69, 9.17) is 0 Å². The van der Waals surface area contributed by atoms with Gasteiger partial charge in [0.2, 0.25) is 0 Å². The molecule has 0 amide bonds. The number of hydrogen-bond acceptors (Lipinski definition) is 2. The molecule has 0 fully saturated rings. The molecule has 2 heterocycles. The number of fused-ring (bicyclic) bond motifs is 12. The van der Waals surface area contributed by atoms with Crippen LogP contribution in [0.4, 0.5) is 17.1 Å². The Morgan fingerprint density at radius 3 is 1.48 bits per heavy atom. The normalized spacial score (nSPS) is 11.8. The van der Waals surface area contributed by atoms with Gasteiger partial charge in [-0.05, 0) is 138 Å². The predicted molar refractivity (Wildman–Crippen MR) is 297 cm³/mol. The van der Waals surface area contributed by atoms with Crippen molar-refractivity contribution in [1.82, 2.24) is 4.57 Å². The molecule has 0 aliphatic carbocycles. The summed E-state index contributed by atoms with van der Waals surface area (Å²) >= 11 is 1.88. The Bertz CT molecular complexity index is 4240. The highest BCUT2D eigenvalue weighted by Crippen LogP contribution is 2.44. The fourth-order valence-corrected chi connectivity index (χ4v) is 12.2. The van der Waals surface area contributed by atoms with Gasteiger partial charge in [0.05, 0.1) is 11.0 Å². The number of aromatic nitrogens is 1. The summed E-state index contributed by atoms with van der Waals surface area (Å²) < 4.78 is 5.04. The molecule has 0 saturated carbocycles. The first-order valence-corrected chi connectivity index (χ1v) is 24.5. The zero-order valence-electron chi connectivity index (χ0n) is 37.6. The maximum Gasteiger partial charge on any atom is 0.0541 e. The SMILES string of the molecule is c1ccc(-c2ccc(-n3c4ccccc4c4cc(-c5ccc(N(c6ccc(-c7cccc8c7sc7ccccc78)cc6)c6ccc7c8ccccc8c8ccccc8c7c6)cc5)ccc43)cc2)cc1. The third-order valence-corrected chi connectivity index (χ3v) is 15.4. The van der Waals surface area contributed by atoms with E-state index in [-0.39, 0.29) is 0 Å². The fraction of sp³-hybridized carbons (Fsp3) is 0. The summed E-state index contributed by atoms with van der Waals surface area (Å²) in [5.74, 6) is 0. The maximum atomic E-state index is 2.41. The first-order valence-electron chi connectivity index (χ1n) is 23.7. The van der Waals surface area contributed by atoms with Crippen molar-refractivity contribution >= 4 is 103 Å². The van der Waals surface area contributed by atoms with Crippen molar-refractivity contribution in [3.8, 4) is 39.1 Å². The van der Waals surface area contributed by atoms with Crippen molar-refractivity contribution < 1.29 is 0 Å². The first kappa shape index (κ1) is 39.4. The minimum atomic E-state index is 1.10. The van der Waals surface area contributed by atoms with Crippen LogP contribution < -0.4 is 4.90 Å². The molecule has 0 aliphatic rings. The van der Waals surface area contributed by atoms with Crippen molar-refractivity contribution in [1.29, 1.82) is 0 Å². The molecule has 69 heavy (non-hydrogen) atoms. The van der Waals surface area contributed by atoms with Gasteiger partial charge in [0.1, 0.15) is 0 Å². The summed E-state index contributed by atoms with van der Waals surface area (Å²) in [5.41, 5.74) is 14.1. The molecule has 0 radical (unpaired) electrons. The predicted octanol–water partition coefficient (Wildman–Crippen LogP) is 19.1. The lowest BCUT2D eigenvalue weighted by atomic mass is 9.94. The van der Waals surface area contributed by atoms with Crippen molar-refractivity contribution in [3.63, 3.8) is 0 Å². The standard InChI is InChI=1S/C66H42N2S/c1-2-13-43(14-3-1)44-25-34-50(35-26-44)68-63-23-10-8-19-58(63)62-41-47(31-40-64(62)68)45-27-32-48(33-28-45)67(51-38-39-57-55-17-5-4-15-53(55)54-16-6-7-18-56(54)61(57)42-51)49-36-29-46(30-37-49)52-21-12-22-60-59-20-9-11-24-65(59)69-66(52)60/h1-42H. The van der Waals surface area contributed by atoms with E-state index >= 15 is 0 Å². The number of hydrogen-bond donors (Lipinski definition) is 0. The van der Waals surface area contributed by atoms with Gasteiger partial charge in [-0.3, -0.25) is 0 Å². The van der Waals surface area contributed by atoms with Gasteiger partial charge in [-0.1, -0.05) is 182 Å². The zero-order valence-corrected chi connectivity index (χ0v) is 38.4. The monoisotopic (exact) mass is 894 g/mol.